The van der Waals surface area contributed by atoms with Crippen molar-refractivity contribution in [3.05, 3.63) is 0 Å². The number of alkyl halides is 5. The van der Waals surface area contributed by atoms with Crippen molar-refractivity contribution in [3.8, 4) is 0 Å². The second-order valence-electron chi connectivity index (χ2n) is 5.05. The monoisotopic (exact) mass is 292 g/mol. The third-order valence-electron chi connectivity index (χ3n) is 1.84. The minimum atomic E-state index is -5.66. The summed E-state index contributed by atoms with van der Waals surface area (Å²) in [6.45, 7) is 4.18. The van der Waals surface area contributed by atoms with E-state index in [1.165, 1.54) is 0 Å². The molecule has 0 rings (SSSR count). The smallest absolute Gasteiger partial charge is 0.444 e. The Morgan fingerprint density at radius 1 is 1.21 bits per heavy atom. The number of hydrogen-bond acceptors (Lipinski definition) is 3. The van der Waals surface area contributed by atoms with Crippen LogP contribution < -0.4 is 11.1 Å². The summed E-state index contributed by atoms with van der Waals surface area (Å²) in [6.07, 6.45) is -8.19. The fraction of sp³-hybridized carbons (Fsp3) is 0.900. The van der Waals surface area contributed by atoms with E-state index in [1.807, 2.05) is 5.32 Å². The lowest BCUT2D eigenvalue weighted by atomic mass is 10.1. The predicted molar refractivity (Wildman–Crippen MR) is 57.8 cm³/mol. The minimum Gasteiger partial charge on any atom is -0.444 e. The van der Waals surface area contributed by atoms with Gasteiger partial charge in [0.2, 0.25) is 0 Å². The molecule has 0 fully saturated rings. The molecule has 0 aromatic rings. The van der Waals surface area contributed by atoms with Crippen LogP contribution in [0.5, 0.6) is 0 Å². The molecule has 4 nitrogen and oxygen atoms in total. The lowest BCUT2D eigenvalue weighted by Crippen LogP contribution is -2.46. The third kappa shape index (κ3) is 7.14. The fourth-order valence-electron chi connectivity index (χ4n) is 1.05. The molecule has 0 aliphatic carbocycles. The first kappa shape index (κ1) is 17.9. The molecular weight excluding hydrogens is 275 g/mol. The number of ether oxygens (including phenoxy) is 1. The van der Waals surface area contributed by atoms with Crippen molar-refractivity contribution in [3.63, 3.8) is 0 Å². The topological polar surface area (TPSA) is 64.3 Å². The number of amides is 1. The van der Waals surface area contributed by atoms with Gasteiger partial charge in [-0.1, -0.05) is 0 Å². The summed E-state index contributed by atoms with van der Waals surface area (Å²) >= 11 is 0. The minimum absolute atomic E-state index is 0.541. The van der Waals surface area contributed by atoms with Crippen molar-refractivity contribution >= 4 is 6.09 Å². The zero-order valence-electron chi connectivity index (χ0n) is 10.8. The summed E-state index contributed by atoms with van der Waals surface area (Å²) in [5, 5.41) is 2.03. The van der Waals surface area contributed by atoms with Crippen LogP contribution in [-0.4, -0.2) is 36.4 Å². The summed E-state index contributed by atoms with van der Waals surface area (Å²) in [6, 6.07) is -1.54. The zero-order chi connectivity index (χ0) is 15.5. The maximum atomic E-state index is 12.6. The van der Waals surface area contributed by atoms with Gasteiger partial charge in [-0.25, -0.2) is 4.79 Å². The van der Waals surface area contributed by atoms with Gasteiger partial charge >= 0.3 is 18.2 Å². The van der Waals surface area contributed by atoms with E-state index in [4.69, 9.17) is 10.5 Å². The van der Waals surface area contributed by atoms with E-state index >= 15 is 0 Å². The number of alkyl carbamates (subject to hydrolysis) is 1. The van der Waals surface area contributed by atoms with E-state index in [0.717, 1.165) is 0 Å². The number of carbonyl (C=O) groups is 1. The maximum absolute atomic E-state index is 12.6. The summed E-state index contributed by atoms with van der Waals surface area (Å²) in [5.41, 5.74) is 4.32. The molecule has 0 aliphatic heterocycles. The van der Waals surface area contributed by atoms with E-state index in [-0.39, 0.29) is 0 Å². The van der Waals surface area contributed by atoms with Crippen LogP contribution in [0.15, 0.2) is 0 Å². The Bertz CT molecular complexity index is 312. The molecule has 0 aromatic heterocycles. The van der Waals surface area contributed by atoms with Crippen LogP contribution in [0.4, 0.5) is 26.7 Å². The van der Waals surface area contributed by atoms with E-state index in [0.29, 0.717) is 0 Å². The molecule has 1 amide bonds. The molecule has 19 heavy (non-hydrogen) atoms. The molecule has 1 atom stereocenters. The SMILES string of the molecule is CC(C)(C)OC(=O)NCC(N)CC(F)(F)C(F)(F)F. The average molecular weight is 292 g/mol. The first-order valence-electron chi connectivity index (χ1n) is 5.41. The van der Waals surface area contributed by atoms with Crippen LogP contribution in [0.2, 0.25) is 0 Å². The molecule has 1 unspecified atom stereocenters. The highest BCUT2D eigenvalue weighted by Crippen LogP contribution is 2.38. The number of hydrogen-bond donors (Lipinski definition) is 2. The Kier molecular flexibility index (Phi) is 5.54. The van der Waals surface area contributed by atoms with Gasteiger partial charge in [0.05, 0.1) is 0 Å². The van der Waals surface area contributed by atoms with Gasteiger partial charge in [0.25, 0.3) is 0 Å². The van der Waals surface area contributed by atoms with Gasteiger partial charge in [-0.15, -0.1) is 0 Å². The van der Waals surface area contributed by atoms with Gasteiger partial charge in [-0.2, -0.15) is 22.0 Å². The molecule has 3 N–H and O–H groups in total. The lowest BCUT2D eigenvalue weighted by molar-refractivity contribution is -0.285. The summed E-state index contributed by atoms with van der Waals surface area (Å²) in [4.78, 5) is 11.1. The van der Waals surface area contributed by atoms with Crippen LogP contribution in [0.3, 0.4) is 0 Å². The molecule has 0 aromatic carbocycles. The highest BCUT2D eigenvalue weighted by Gasteiger charge is 2.57. The Labute approximate surface area is 107 Å². The maximum Gasteiger partial charge on any atom is 0.453 e. The van der Waals surface area contributed by atoms with Gasteiger partial charge in [-0.05, 0) is 20.8 Å². The van der Waals surface area contributed by atoms with Crippen molar-refractivity contribution in [1.82, 2.24) is 5.32 Å². The standard InChI is InChI=1S/C10H17F5N2O2/c1-8(2,3)19-7(18)17-5-6(16)4-9(11,12)10(13,14)15/h6H,4-5,16H2,1-3H3,(H,17,18). The van der Waals surface area contributed by atoms with Crippen LogP contribution in [0.1, 0.15) is 27.2 Å². The zero-order valence-corrected chi connectivity index (χ0v) is 10.8. The molecule has 0 saturated carbocycles. The quantitative estimate of drug-likeness (QED) is 0.782. The highest BCUT2D eigenvalue weighted by molar-refractivity contribution is 5.67. The number of carbonyl (C=O) groups excluding carboxylic acids is 1. The Balaban J connectivity index is 4.21. The Hall–Kier alpha value is -1.12. The predicted octanol–water partition coefficient (Wildman–Crippen LogP) is 2.43. The molecule has 0 spiro atoms. The third-order valence-corrected chi connectivity index (χ3v) is 1.84. The number of rotatable bonds is 4. The van der Waals surface area contributed by atoms with Crippen LogP contribution >= 0.6 is 0 Å². The second-order valence-corrected chi connectivity index (χ2v) is 5.05. The largest absolute Gasteiger partial charge is 0.453 e. The van der Waals surface area contributed by atoms with E-state index in [1.54, 1.807) is 20.8 Å². The lowest BCUT2D eigenvalue weighted by Gasteiger charge is -2.24. The van der Waals surface area contributed by atoms with Gasteiger partial charge in [0.1, 0.15) is 5.60 Å². The molecule has 0 bridgehead atoms. The van der Waals surface area contributed by atoms with Crippen LogP contribution in [0.25, 0.3) is 0 Å². The normalized spacial score (nSPS) is 15.0. The van der Waals surface area contributed by atoms with Crippen molar-refractivity contribution in [1.29, 1.82) is 0 Å². The van der Waals surface area contributed by atoms with Gasteiger partial charge in [-0.3, -0.25) is 0 Å². The summed E-state index contributed by atoms with van der Waals surface area (Å²) in [5.74, 6) is -4.89. The van der Waals surface area contributed by atoms with Gasteiger partial charge in [0.15, 0.2) is 0 Å². The average Bonchev–Trinajstić information content (AvgIpc) is 2.09. The molecule has 9 heteroatoms. The first-order chi connectivity index (χ1) is 8.24. The molecule has 0 radical (unpaired) electrons. The second kappa shape index (κ2) is 5.89. The van der Waals surface area contributed by atoms with E-state index in [9.17, 15) is 26.7 Å². The Morgan fingerprint density at radius 3 is 2.05 bits per heavy atom. The van der Waals surface area contributed by atoms with E-state index < -0.39 is 42.8 Å². The van der Waals surface area contributed by atoms with Gasteiger partial charge < -0.3 is 15.8 Å². The van der Waals surface area contributed by atoms with Crippen molar-refractivity contribution in [2.75, 3.05) is 6.54 Å². The highest BCUT2D eigenvalue weighted by atomic mass is 19.4. The summed E-state index contributed by atoms with van der Waals surface area (Å²) in [7, 11) is 0. The van der Waals surface area contributed by atoms with Crippen molar-refractivity contribution in [2.45, 2.75) is 50.9 Å². The van der Waals surface area contributed by atoms with Gasteiger partial charge in [0, 0.05) is 19.0 Å². The number of nitrogens with two attached hydrogens (primary N) is 1. The van der Waals surface area contributed by atoms with E-state index in [2.05, 4.69) is 0 Å². The fourth-order valence-corrected chi connectivity index (χ4v) is 1.05. The number of nitrogens with one attached hydrogen (secondary N) is 1. The Morgan fingerprint density at radius 2 is 1.68 bits per heavy atom. The van der Waals surface area contributed by atoms with Crippen LogP contribution in [-0.2, 0) is 4.74 Å². The molecular formula is C10H17F5N2O2. The number of halogens is 5. The molecule has 0 aliphatic rings. The summed E-state index contributed by atoms with van der Waals surface area (Å²) < 4.78 is 65.7. The van der Waals surface area contributed by atoms with Crippen molar-refractivity contribution < 1.29 is 31.5 Å². The molecule has 114 valence electrons. The molecule has 0 saturated heterocycles. The van der Waals surface area contributed by atoms with Crippen LogP contribution in [0, 0.1) is 0 Å². The first-order valence-corrected chi connectivity index (χ1v) is 5.41. The molecule has 0 heterocycles. The van der Waals surface area contributed by atoms with Crippen molar-refractivity contribution in [2.24, 2.45) is 5.73 Å².